The van der Waals surface area contributed by atoms with Crippen LogP contribution in [0.3, 0.4) is 0 Å². The highest BCUT2D eigenvalue weighted by Crippen LogP contribution is 1.88. The van der Waals surface area contributed by atoms with Gasteiger partial charge in [0.15, 0.2) is 0 Å². The van der Waals surface area contributed by atoms with E-state index in [4.69, 9.17) is 9.47 Å². The van der Waals surface area contributed by atoms with Crippen molar-refractivity contribution in [1.29, 1.82) is 0 Å². The lowest BCUT2D eigenvalue weighted by molar-refractivity contribution is 0.0511. The first-order chi connectivity index (χ1) is 8.43. The number of ether oxygens (including phenoxy) is 2. The maximum absolute atomic E-state index is 5.36. The van der Waals surface area contributed by atoms with Gasteiger partial charge in [-0.1, -0.05) is 13.0 Å². The van der Waals surface area contributed by atoms with Gasteiger partial charge in [0.25, 0.3) is 0 Å². The Balaban J connectivity index is 1.95. The molecular formula is C13H20N2O2. The summed E-state index contributed by atoms with van der Waals surface area (Å²) in [6.45, 7) is 5.48. The van der Waals surface area contributed by atoms with E-state index >= 15 is 0 Å². The van der Waals surface area contributed by atoms with E-state index in [0.717, 1.165) is 18.7 Å². The van der Waals surface area contributed by atoms with Crippen LogP contribution >= 0.6 is 0 Å². The zero-order valence-corrected chi connectivity index (χ0v) is 10.3. The summed E-state index contributed by atoms with van der Waals surface area (Å²) in [4.78, 5) is 8.36. The first kappa shape index (κ1) is 13.8. The van der Waals surface area contributed by atoms with Crippen molar-refractivity contribution < 1.29 is 9.47 Å². The van der Waals surface area contributed by atoms with Crippen LogP contribution in [0.1, 0.15) is 19.0 Å². The molecule has 0 aliphatic carbocycles. The molecule has 0 N–H and O–H groups in total. The second-order valence-corrected chi connectivity index (χ2v) is 3.51. The summed E-state index contributed by atoms with van der Waals surface area (Å²) < 4.78 is 10.6. The fourth-order valence-corrected chi connectivity index (χ4v) is 1.19. The minimum Gasteiger partial charge on any atom is -0.379 e. The van der Waals surface area contributed by atoms with Crippen molar-refractivity contribution in [2.45, 2.75) is 13.3 Å². The highest BCUT2D eigenvalue weighted by Gasteiger charge is 1.89. The van der Waals surface area contributed by atoms with Crippen molar-refractivity contribution in [1.82, 2.24) is 4.98 Å². The summed E-state index contributed by atoms with van der Waals surface area (Å²) in [7, 11) is 0. The zero-order valence-electron chi connectivity index (χ0n) is 10.3. The molecule has 0 saturated heterocycles. The predicted octanol–water partition coefficient (Wildman–Crippen LogP) is 1.94. The molecule has 94 valence electrons. The molecule has 0 spiro atoms. The predicted molar refractivity (Wildman–Crippen MR) is 68.6 cm³/mol. The number of rotatable bonds is 9. The zero-order chi connectivity index (χ0) is 12.2. The Labute approximate surface area is 103 Å². The Hall–Kier alpha value is -1.26. The molecule has 0 radical (unpaired) electrons. The van der Waals surface area contributed by atoms with Gasteiger partial charge in [-0.25, -0.2) is 0 Å². The van der Waals surface area contributed by atoms with Crippen LogP contribution in [0.5, 0.6) is 0 Å². The van der Waals surface area contributed by atoms with Gasteiger partial charge in [0.05, 0.1) is 32.1 Å². The minimum atomic E-state index is 0.624. The molecule has 4 heteroatoms. The molecule has 1 rings (SSSR count). The van der Waals surface area contributed by atoms with Gasteiger partial charge in [-0.15, -0.1) is 0 Å². The third-order valence-electron chi connectivity index (χ3n) is 2.00. The lowest BCUT2D eigenvalue weighted by atomic mass is 10.4. The monoisotopic (exact) mass is 236 g/mol. The molecule has 0 amide bonds. The van der Waals surface area contributed by atoms with Gasteiger partial charge in [0.1, 0.15) is 0 Å². The third-order valence-corrected chi connectivity index (χ3v) is 2.00. The molecule has 0 atom stereocenters. The third kappa shape index (κ3) is 7.60. The van der Waals surface area contributed by atoms with Crippen molar-refractivity contribution >= 4 is 6.21 Å². The highest BCUT2D eigenvalue weighted by atomic mass is 16.5. The standard InChI is InChI=1S/C13H20N2O2/c1-2-8-16-10-11-17-9-7-14-12-13-5-3-4-6-15-13/h3-6,12H,2,7-11H2,1H3. The molecule has 0 fully saturated rings. The van der Waals surface area contributed by atoms with Gasteiger partial charge >= 0.3 is 0 Å². The van der Waals surface area contributed by atoms with Gasteiger partial charge in [-0.2, -0.15) is 0 Å². The lowest BCUT2D eigenvalue weighted by Gasteiger charge is -2.02. The second-order valence-electron chi connectivity index (χ2n) is 3.51. The molecule has 0 aromatic carbocycles. The molecule has 4 nitrogen and oxygen atoms in total. The van der Waals surface area contributed by atoms with Gasteiger partial charge in [-0.05, 0) is 18.6 Å². The van der Waals surface area contributed by atoms with E-state index in [0.29, 0.717) is 26.4 Å². The van der Waals surface area contributed by atoms with E-state index in [1.165, 1.54) is 0 Å². The summed E-state index contributed by atoms with van der Waals surface area (Å²) in [6, 6.07) is 5.75. The minimum absolute atomic E-state index is 0.624. The van der Waals surface area contributed by atoms with Crippen molar-refractivity contribution in [3.05, 3.63) is 30.1 Å². The lowest BCUT2D eigenvalue weighted by Crippen LogP contribution is -2.07. The van der Waals surface area contributed by atoms with E-state index in [9.17, 15) is 0 Å². The van der Waals surface area contributed by atoms with Crippen molar-refractivity contribution in [3.8, 4) is 0 Å². The first-order valence-electron chi connectivity index (χ1n) is 6.00. The van der Waals surface area contributed by atoms with Crippen LogP contribution in [0, 0.1) is 0 Å². The largest absolute Gasteiger partial charge is 0.379 e. The van der Waals surface area contributed by atoms with E-state index in [1.54, 1.807) is 12.4 Å². The van der Waals surface area contributed by atoms with Crippen LogP contribution in [0.15, 0.2) is 29.4 Å². The average Bonchev–Trinajstić information content (AvgIpc) is 2.38. The normalized spacial score (nSPS) is 11.1. The Morgan fingerprint density at radius 2 is 2.00 bits per heavy atom. The highest BCUT2D eigenvalue weighted by molar-refractivity contribution is 5.76. The molecule has 0 aliphatic rings. The van der Waals surface area contributed by atoms with E-state index in [-0.39, 0.29) is 0 Å². The van der Waals surface area contributed by atoms with Crippen LogP contribution in [-0.2, 0) is 9.47 Å². The topological polar surface area (TPSA) is 43.7 Å². The molecule has 0 aliphatic heterocycles. The summed E-state index contributed by atoms with van der Waals surface area (Å²) in [5.41, 5.74) is 0.874. The molecule has 1 aromatic rings. The summed E-state index contributed by atoms with van der Waals surface area (Å²) in [5, 5.41) is 0. The van der Waals surface area contributed by atoms with Gasteiger partial charge in [0.2, 0.25) is 0 Å². The van der Waals surface area contributed by atoms with E-state index in [1.807, 2.05) is 18.2 Å². The quantitative estimate of drug-likeness (QED) is 0.486. The molecule has 0 bridgehead atoms. The van der Waals surface area contributed by atoms with Crippen LogP contribution in [0.2, 0.25) is 0 Å². The average molecular weight is 236 g/mol. The van der Waals surface area contributed by atoms with Gasteiger partial charge in [0, 0.05) is 19.0 Å². The number of aliphatic imine (C=N–C) groups is 1. The fraction of sp³-hybridized carbons (Fsp3) is 0.538. The molecule has 0 unspecified atom stereocenters. The molecule has 1 aromatic heterocycles. The van der Waals surface area contributed by atoms with Crippen molar-refractivity contribution in [3.63, 3.8) is 0 Å². The maximum Gasteiger partial charge on any atom is 0.0807 e. The SMILES string of the molecule is CCCOCCOCCN=Cc1ccccn1. The van der Waals surface area contributed by atoms with E-state index in [2.05, 4.69) is 16.9 Å². The van der Waals surface area contributed by atoms with Crippen molar-refractivity contribution in [2.75, 3.05) is 33.0 Å². The fourth-order valence-electron chi connectivity index (χ4n) is 1.19. The van der Waals surface area contributed by atoms with Crippen molar-refractivity contribution in [2.24, 2.45) is 4.99 Å². The number of pyridine rings is 1. The first-order valence-corrected chi connectivity index (χ1v) is 6.00. The number of hydrogen-bond donors (Lipinski definition) is 0. The van der Waals surface area contributed by atoms with Crippen LogP contribution < -0.4 is 0 Å². The second kappa shape index (κ2) is 9.93. The van der Waals surface area contributed by atoms with E-state index < -0.39 is 0 Å². The Kier molecular flexibility index (Phi) is 8.06. The smallest absolute Gasteiger partial charge is 0.0807 e. The summed E-state index contributed by atoms with van der Waals surface area (Å²) in [5.74, 6) is 0. The van der Waals surface area contributed by atoms with Gasteiger partial charge in [-0.3, -0.25) is 9.98 Å². The van der Waals surface area contributed by atoms with Crippen LogP contribution in [0.25, 0.3) is 0 Å². The Bertz CT molecular complexity index is 302. The number of nitrogens with zero attached hydrogens (tertiary/aromatic N) is 2. The Morgan fingerprint density at radius 1 is 1.18 bits per heavy atom. The number of hydrogen-bond acceptors (Lipinski definition) is 4. The van der Waals surface area contributed by atoms with Crippen LogP contribution in [0.4, 0.5) is 0 Å². The maximum atomic E-state index is 5.36. The molecule has 1 heterocycles. The summed E-state index contributed by atoms with van der Waals surface area (Å²) >= 11 is 0. The molecular weight excluding hydrogens is 216 g/mol. The Morgan fingerprint density at radius 3 is 2.71 bits per heavy atom. The molecule has 17 heavy (non-hydrogen) atoms. The number of aromatic nitrogens is 1. The van der Waals surface area contributed by atoms with Gasteiger partial charge < -0.3 is 9.47 Å². The van der Waals surface area contributed by atoms with Crippen LogP contribution in [-0.4, -0.2) is 44.2 Å². The molecule has 0 saturated carbocycles. The summed E-state index contributed by atoms with van der Waals surface area (Å²) in [6.07, 6.45) is 4.56.